The van der Waals surface area contributed by atoms with E-state index in [2.05, 4.69) is 58.4 Å². The Bertz CT molecular complexity index is 4830. The van der Waals surface area contributed by atoms with Crippen molar-refractivity contribution in [3.05, 3.63) is 153 Å². The molecule has 2 saturated carbocycles. The summed E-state index contributed by atoms with van der Waals surface area (Å²) in [6.45, 7) is 3.97. The molecule has 2 fully saturated rings. The zero-order chi connectivity index (χ0) is 76.7. The number of carbonyl (C=O) groups is 5. The van der Waals surface area contributed by atoms with Gasteiger partial charge < -0.3 is 88.5 Å². The number of nitrogens with zero attached hydrogens (tertiary/aromatic N) is 5. The first-order valence-electron chi connectivity index (χ1n) is 33.7. The van der Waals surface area contributed by atoms with Gasteiger partial charge in [0.05, 0.1) is 34.9 Å². The van der Waals surface area contributed by atoms with Crippen LogP contribution in [0.1, 0.15) is 89.2 Å². The van der Waals surface area contributed by atoms with E-state index in [9.17, 15) is 75.0 Å². The molecule has 6 aromatic carbocycles. The number of aromatic nitrogens is 5. The third kappa shape index (κ3) is 23.6. The Balaban J connectivity index is 0.000000155. The van der Waals surface area contributed by atoms with E-state index in [1.165, 1.54) is 136 Å². The molecule has 0 saturated heterocycles. The van der Waals surface area contributed by atoms with Gasteiger partial charge in [0.2, 0.25) is 29.5 Å². The van der Waals surface area contributed by atoms with Crippen molar-refractivity contribution in [3.8, 4) is 114 Å². The van der Waals surface area contributed by atoms with Crippen molar-refractivity contribution in [1.29, 1.82) is 0 Å². The van der Waals surface area contributed by atoms with Crippen LogP contribution in [0.15, 0.2) is 142 Å². The van der Waals surface area contributed by atoms with Gasteiger partial charge in [-0.1, -0.05) is 50.5 Å². The van der Waals surface area contributed by atoms with Crippen LogP contribution >= 0.6 is 56.7 Å². The molecule has 32 heteroatoms. The molecule has 27 nitrogen and oxygen atoms in total. The van der Waals surface area contributed by atoms with Gasteiger partial charge in [-0.2, -0.15) is 0 Å². The molecule has 5 aromatic heterocycles. The molecule has 18 N–H and O–H groups in total. The number of rotatable bonds is 18. The highest BCUT2D eigenvalue weighted by molar-refractivity contribution is 7.15. The number of anilines is 5. The lowest BCUT2D eigenvalue weighted by atomic mass is 9.82. The summed E-state index contributed by atoms with van der Waals surface area (Å²) in [4.78, 5) is 80.3. The van der Waals surface area contributed by atoms with E-state index in [1.54, 1.807) is 57.2 Å². The van der Waals surface area contributed by atoms with Gasteiger partial charge in [-0.05, 0) is 123 Å². The number of nitrogens with two attached hydrogens (primary N) is 1. The molecule has 560 valence electrons. The number of carbonyl (C=O) groups excluding carboxylic acids is 5. The Labute approximate surface area is 634 Å². The van der Waals surface area contributed by atoms with Gasteiger partial charge in [-0.25, -0.2) is 24.9 Å². The minimum Gasteiger partial charge on any atom is -0.508 e. The maximum absolute atomic E-state index is 12.3. The predicted molar refractivity (Wildman–Crippen MR) is 416 cm³/mol. The first-order valence-corrected chi connectivity index (χ1v) is 38.1. The van der Waals surface area contributed by atoms with Gasteiger partial charge in [-0.15, -0.1) is 56.7 Å². The summed E-state index contributed by atoms with van der Waals surface area (Å²) < 4.78 is 0. The topological polar surface area (TPSA) is 458 Å². The third-order valence-corrected chi connectivity index (χ3v) is 20.5. The van der Waals surface area contributed by atoms with Crippen LogP contribution < -0.4 is 32.3 Å². The van der Waals surface area contributed by atoms with Crippen molar-refractivity contribution >= 4 is 112 Å². The molecule has 0 atom stereocenters. The van der Waals surface area contributed by atoms with Crippen LogP contribution in [0.3, 0.4) is 0 Å². The zero-order valence-electron chi connectivity index (χ0n) is 57.8. The second-order valence-corrected chi connectivity index (χ2v) is 28.9. The highest BCUT2D eigenvalue weighted by Gasteiger charge is 2.27. The fourth-order valence-corrected chi connectivity index (χ4v) is 14.7. The highest BCUT2D eigenvalue weighted by Crippen LogP contribution is 2.40. The normalized spacial score (nSPS) is 13.8. The van der Waals surface area contributed by atoms with Crippen LogP contribution in [-0.4, -0.2) is 124 Å². The van der Waals surface area contributed by atoms with Crippen LogP contribution in [-0.2, 0) is 36.8 Å². The molecule has 5 amide bonds. The van der Waals surface area contributed by atoms with Crippen molar-refractivity contribution in [2.45, 2.75) is 90.9 Å². The van der Waals surface area contributed by atoms with Crippen molar-refractivity contribution in [2.24, 2.45) is 23.5 Å². The smallest absolute Gasteiger partial charge is 0.230 e. The second kappa shape index (κ2) is 38.7. The Kier molecular flexibility index (Phi) is 28.9. The lowest BCUT2D eigenvalue weighted by Crippen LogP contribution is -2.28. The summed E-state index contributed by atoms with van der Waals surface area (Å²) in [5.74, 6) is -0.485. The van der Waals surface area contributed by atoms with Crippen LogP contribution in [0.4, 0.5) is 25.7 Å². The lowest BCUT2D eigenvalue weighted by molar-refractivity contribution is -0.121. The molecule has 0 bridgehead atoms. The third-order valence-electron chi connectivity index (χ3n) is 16.7. The minimum atomic E-state index is -0.196. The van der Waals surface area contributed by atoms with Gasteiger partial charge in [0.15, 0.2) is 25.7 Å². The predicted octanol–water partition coefficient (Wildman–Crippen LogP) is 14.4. The summed E-state index contributed by atoms with van der Waals surface area (Å²) in [7, 11) is 0. The summed E-state index contributed by atoms with van der Waals surface area (Å²) in [5.41, 5.74) is 12.8. The monoisotopic (exact) mass is 1550 g/mol. The number of thiazole rings is 5. The molecule has 5 heterocycles. The quantitative estimate of drug-likeness (QED) is 0.0379. The Hall–Kier alpha value is -11.3. The molecule has 13 rings (SSSR count). The number of hydrogen-bond acceptors (Lipinski definition) is 27. The summed E-state index contributed by atoms with van der Waals surface area (Å²) in [5, 5.41) is 129. The maximum Gasteiger partial charge on any atom is 0.230 e. The SMILES string of the molecule is CC(=O)Nc1nc(-c2ccc(O)cc2O)cs1.CCc1ccc(CC(=O)Nc2nc(-c3ccc(O)cc3O)cs2)cc1.NCCC(=O)Nc1nc(-c2ccc(O)cc2O)cs1.O=C(Nc1nc(-c2ccc(O)cc2O)cs1)C1CCC(CO)CC1.O=C(Nc1nc(-c2ccc(O)cc2O)cs1)C1CCCCC1. The first-order chi connectivity index (χ1) is 51.4. The molecule has 2 aliphatic rings. The van der Waals surface area contributed by atoms with Gasteiger partial charge in [0, 0.05) is 123 Å². The van der Waals surface area contributed by atoms with E-state index < -0.39 is 0 Å². The van der Waals surface area contributed by atoms with Crippen molar-refractivity contribution in [3.63, 3.8) is 0 Å². The van der Waals surface area contributed by atoms with E-state index >= 15 is 0 Å². The van der Waals surface area contributed by atoms with Gasteiger partial charge in [0.1, 0.15) is 57.5 Å². The van der Waals surface area contributed by atoms with Crippen LogP contribution in [0, 0.1) is 17.8 Å². The molecular formula is C75H79N11O16S5. The van der Waals surface area contributed by atoms with E-state index in [0.29, 0.717) is 87.9 Å². The molecule has 11 aromatic rings. The fraction of sp³-hybridized carbons (Fsp3) is 0.253. The summed E-state index contributed by atoms with van der Waals surface area (Å²) in [6, 6.07) is 29.5. The van der Waals surface area contributed by atoms with E-state index in [4.69, 9.17) is 10.8 Å². The molecule has 107 heavy (non-hydrogen) atoms. The number of nitrogens with one attached hydrogen (secondary N) is 5. The van der Waals surface area contributed by atoms with Crippen LogP contribution in [0.25, 0.3) is 56.3 Å². The number of phenols is 10. The fourth-order valence-electron chi connectivity index (χ4n) is 11.0. The van der Waals surface area contributed by atoms with E-state index in [-0.39, 0.29) is 125 Å². The Morgan fingerprint density at radius 2 is 0.710 bits per heavy atom. The zero-order valence-corrected chi connectivity index (χ0v) is 61.9. The number of hydrogen-bond donors (Lipinski definition) is 17. The average Bonchev–Trinajstić information content (AvgIpc) is 1.67. The van der Waals surface area contributed by atoms with E-state index in [1.807, 2.05) is 24.3 Å². The maximum atomic E-state index is 12.3. The Morgan fingerprint density at radius 1 is 0.402 bits per heavy atom. The van der Waals surface area contributed by atoms with Gasteiger partial charge in [0.25, 0.3) is 0 Å². The van der Waals surface area contributed by atoms with Gasteiger partial charge >= 0.3 is 0 Å². The van der Waals surface area contributed by atoms with Crippen molar-refractivity contribution in [1.82, 2.24) is 24.9 Å². The molecule has 0 unspecified atom stereocenters. The molecule has 0 aliphatic heterocycles. The number of aromatic hydroxyl groups is 10. The van der Waals surface area contributed by atoms with Crippen molar-refractivity contribution < 1.29 is 80.1 Å². The second-order valence-electron chi connectivity index (χ2n) is 24.6. The number of phenolic OH excluding ortho intramolecular Hbond substituents is 10. The largest absolute Gasteiger partial charge is 0.508 e. The minimum absolute atomic E-state index is 0.00213. The average molecular weight is 1550 g/mol. The van der Waals surface area contributed by atoms with E-state index in [0.717, 1.165) is 63.4 Å². The molecule has 0 spiro atoms. The standard InChI is InChI=1S/C19H18N2O3S.C17H20N2O4S.C16H18N2O3S.C12H13N3O3S.C11H10N2O3S/c1-2-12-3-5-13(6-4-12)9-18(24)21-19-20-16(11-25-19)15-8-7-14(22)10-17(15)23;20-8-10-1-3-11(4-2-10)16(23)19-17-18-14(9-24-17)13-6-5-12(21)7-15(13)22;19-11-6-7-12(14(20)8-11)13-9-22-16(17-13)18-15(21)10-4-2-1-3-5-10;13-4-3-11(18)15-12-14-9(6-19-12)8-2-1-7(16)5-10(8)17;1-6(14)12-11-13-9(5-17-11)8-3-2-7(15)4-10(8)16/h3-8,10-11,22-23H,2,9H2,1H3,(H,20,21,24);5-7,9-11,20-22H,1-4,8H2,(H,18,19,23);6-10,19-20H,1-5H2,(H,17,18,21);1-2,5-6,16-17H,3-4,13H2,(H,14,15,18);2-5,15-16H,1H3,(H,12,13,14). The number of aryl methyl sites for hydroxylation is 1. The molecule has 0 radical (unpaired) electrons. The highest BCUT2D eigenvalue weighted by atomic mass is 32.1. The molecule has 2 aliphatic carbocycles. The van der Waals surface area contributed by atoms with Gasteiger partial charge in [-0.3, -0.25) is 24.0 Å². The van der Waals surface area contributed by atoms with Crippen LogP contribution in [0.5, 0.6) is 57.5 Å². The summed E-state index contributed by atoms with van der Waals surface area (Å²) in [6.07, 6.45) is 10.1. The lowest BCUT2D eigenvalue weighted by Gasteiger charge is -2.25. The number of benzene rings is 6. The van der Waals surface area contributed by atoms with Crippen LogP contribution in [0.2, 0.25) is 0 Å². The van der Waals surface area contributed by atoms with Crippen molar-refractivity contribution in [2.75, 3.05) is 39.7 Å². The summed E-state index contributed by atoms with van der Waals surface area (Å²) >= 11 is 6.44. The number of aliphatic hydroxyl groups excluding tert-OH is 1. The molecular weight excluding hydrogens is 1470 g/mol. The number of aliphatic hydroxyl groups is 1. The first kappa shape index (κ1) is 79.8. The number of amides is 5. The Morgan fingerprint density at radius 3 is 1.02 bits per heavy atom.